The SMILES string of the molecule is O.[Li+].[Li+].[O-]B([O-])Oc1ccc(C(c2ccccc2)(c2ccccc2)c2ccccc2)cc1. The molecule has 0 aliphatic carbocycles. The van der Waals surface area contributed by atoms with Crippen LogP contribution in [0.5, 0.6) is 5.75 Å². The van der Waals surface area contributed by atoms with Crippen LogP contribution in [-0.4, -0.2) is 12.8 Å². The minimum Gasteiger partial charge on any atom is -0.860 e. The Bertz CT molecular complexity index is 951. The number of hydrogen-bond acceptors (Lipinski definition) is 3. The average Bonchev–Trinajstić information content (AvgIpc) is 2.77. The molecule has 0 spiro atoms. The van der Waals surface area contributed by atoms with Gasteiger partial charge in [0.1, 0.15) is 7.32 Å². The molecule has 0 radical (unpaired) electrons. The fourth-order valence-corrected chi connectivity index (χ4v) is 3.96. The Morgan fingerprint density at radius 1 is 0.500 bits per heavy atom. The maximum absolute atomic E-state index is 10.9. The summed E-state index contributed by atoms with van der Waals surface area (Å²) in [6.07, 6.45) is 0. The molecule has 0 fully saturated rings. The summed E-state index contributed by atoms with van der Waals surface area (Å²) in [7, 11) is -2.34. The number of hydrogen-bond donors (Lipinski definition) is 0. The van der Waals surface area contributed by atoms with Crippen molar-refractivity contribution in [3.8, 4) is 5.75 Å². The summed E-state index contributed by atoms with van der Waals surface area (Å²) in [5.74, 6) is 0.270. The van der Waals surface area contributed by atoms with Crippen molar-refractivity contribution >= 4 is 7.32 Å². The van der Waals surface area contributed by atoms with E-state index in [0.29, 0.717) is 0 Å². The summed E-state index contributed by atoms with van der Waals surface area (Å²) in [4.78, 5) is 0. The molecule has 150 valence electrons. The zero-order chi connectivity index (χ0) is 20.1. The van der Waals surface area contributed by atoms with E-state index in [0.717, 1.165) is 22.3 Å². The molecule has 0 atom stereocenters. The van der Waals surface area contributed by atoms with Crippen LogP contribution >= 0.6 is 0 Å². The molecule has 0 bridgehead atoms. The topological polar surface area (TPSA) is 86.9 Å². The Morgan fingerprint density at radius 3 is 1.12 bits per heavy atom. The summed E-state index contributed by atoms with van der Waals surface area (Å²) in [5.41, 5.74) is 3.82. The van der Waals surface area contributed by atoms with Gasteiger partial charge in [-0.25, -0.2) is 0 Å². The third kappa shape index (κ3) is 5.59. The van der Waals surface area contributed by atoms with Crippen LogP contribution in [0.25, 0.3) is 0 Å². The van der Waals surface area contributed by atoms with Crippen LogP contribution in [0.2, 0.25) is 0 Å². The molecule has 0 saturated carbocycles. The molecule has 4 aromatic rings. The van der Waals surface area contributed by atoms with Crippen LogP contribution in [0.15, 0.2) is 115 Å². The number of benzene rings is 4. The van der Waals surface area contributed by atoms with Gasteiger partial charge in [-0.05, 0) is 34.4 Å². The van der Waals surface area contributed by atoms with E-state index in [4.69, 9.17) is 4.65 Å². The molecule has 0 heterocycles. The molecular formula is C25H21BLi2O4. The molecule has 0 aliphatic rings. The summed E-state index contributed by atoms with van der Waals surface area (Å²) in [6, 6.07) is 38.2. The Hall–Kier alpha value is -2.18. The third-order valence-corrected chi connectivity index (χ3v) is 5.14. The second kappa shape index (κ2) is 12.8. The van der Waals surface area contributed by atoms with Crippen molar-refractivity contribution in [1.29, 1.82) is 0 Å². The molecule has 0 amide bonds. The van der Waals surface area contributed by atoms with E-state index in [9.17, 15) is 10.0 Å². The first-order valence-corrected chi connectivity index (χ1v) is 9.46. The second-order valence-corrected chi connectivity index (χ2v) is 6.78. The van der Waals surface area contributed by atoms with Crippen LogP contribution in [0.4, 0.5) is 0 Å². The maximum atomic E-state index is 10.9. The zero-order valence-corrected chi connectivity index (χ0v) is 18.3. The minimum atomic E-state index is -2.34. The van der Waals surface area contributed by atoms with Gasteiger partial charge in [0.2, 0.25) is 0 Å². The van der Waals surface area contributed by atoms with Crippen molar-refractivity contribution in [2.24, 2.45) is 0 Å². The van der Waals surface area contributed by atoms with E-state index in [2.05, 4.69) is 36.4 Å². The van der Waals surface area contributed by atoms with E-state index in [1.165, 1.54) is 0 Å². The van der Waals surface area contributed by atoms with E-state index < -0.39 is 12.7 Å². The van der Waals surface area contributed by atoms with Crippen molar-refractivity contribution in [1.82, 2.24) is 0 Å². The second-order valence-electron chi connectivity index (χ2n) is 6.78. The fourth-order valence-electron chi connectivity index (χ4n) is 3.96. The molecule has 7 heteroatoms. The molecule has 4 rings (SSSR count). The summed E-state index contributed by atoms with van der Waals surface area (Å²) >= 11 is 0. The van der Waals surface area contributed by atoms with Gasteiger partial charge < -0.3 is 20.2 Å². The Labute approximate surface area is 213 Å². The van der Waals surface area contributed by atoms with Crippen molar-refractivity contribution < 1.29 is 57.9 Å². The molecule has 0 aromatic heterocycles. The van der Waals surface area contributed by atoms with Crippen LogP contribution in [0.3, 0.4) is 0 Å². The first kappa shape index (κ1) is 27.9. The van der Waals surface area contributed by atoms with E-state index >= 15 is 0 Å². The van der Waals surface area contributed by atoms with Crippen molar-refractivity contribution in [3.05, 3.63) is 138 Å². The molecule has 4 aromatic carbocycles. The predicted octanol–water partition coefficient (Wildman–Crippen LogP) is -3.66. The van der Waals surface area contributed by atoms with Crippen LogP contribution in [0, 0.1) is 0 Å². The van der Waals surface area contributed by atoms with E-state index in [1.807, 2.05) is 66.7 Å². The van der Waals surface area contributed by atoms with Gasteiger partial charge in [-0.2, -0.15) is 0 Å². The molecule has 0 unspecified atom stereocenters. The molecule has 0 aliphatic heterocycles. The van der Waals surface area contributed by atoms with Crippen LogP contribution in [0.1, 0.15) is 22.3 Å². The zero-order valence-electron chi connectivity index (χ0n) is 18.3. The average molecular weight is 410 g/mol. The third-order valence-electron chi connectivity index (χ3n) is 5.14. The van der Waals surface area contributed by atoms with Crippen LogP contribution < -0.4 is 52.4 Å². The first-order chi connectivity index (χ1) is 14.2. The summed E-state index contributed by atoms with van der Waals surface area (Å²) in [6.45, 7) is 0. The Balaban J connectivity index is 0.00000171. The van der Waals surface area contributed by atoms with Gasteiger partial charge in [0, 0.05) is 0 Å². The van der Waals surface area contributed by atoms with Gasteiger partial charge in [-0.15, -0.1) is 0 Å². The quantitative estimate of drug-likeness (QED) is 0.243. The first-order valence-electron chi connectivity index (χ1n) is 9.46. The smallest absolute Gasteiger partial charge is 0.860 e. The predicted molar refractivity (Wildman–Crippen MR) is 115 cm³/mol. The molecule has 32 heavy (non-hydrogen) atoms. The molecule has 2 N–H and O–H groups in total. The maximum Gasteiger partial charge on any atom is 1.00 e. The van der Waals surface area contributed by atoms with Gasteiger partial charge in [0.25, 0.3) is 0 Å². The van der Waals surface area contributed by atoms with Gasteiger partial charge in [0.15, 0.2) is 0 Å². The van der Waals surface area contributed by atoms with E-state index in [1.54, 1.807) is 12.1 Å². The fraction of sp³-hybridized carbons (Fsp3) is 0.0400. The van der Waals surface area contributed by atoms with Gasteiger partial charge >= 0.3 is 37.7 Å². The van der Waals surface area contributed by atoms with Crippen LogP contribution in [-0.2, 0) is 5.41 Å². The van der Waals surface area contributed by atoms with Crippen molar-refractivity contribution in [2.75, 3.05) is 0 Å². The Kier molecular flexibility index (Phi) is 11.1. The van der Waals surface area contributed by atoms with Crippen molar-refractivity contribution in [3.63, 3.8) is 0 Å². The number of rotatable bonds is 6. The standard InChI is InChI=1S/C25H19BO3.2Li.H2O/c27-26(28)29-24-18-16-23(17-19-24)25(20-10-4-1-5-11-20,21-12-6-2-7-13-21)22-14-8-3-9-15-22;;;/h1-19H;;;1H2/q-2;2*+1;. The molecule has 4 nitrogen and oxygen atoms in total. The van der Waals surface area contributed by atoms with Gasteiger partial charge in [0.05, 0.1) is 11.2 Å². The van der Waals surface area contributed by atoms with Gasteiger partial charge in [-0.1, -0.05) is 103 Å². The largest absolute Gasteiger partial charge is 1.00 e. The van der Waals surface area contributed by atoms with Crippen molar-refractivity contribution in [2.45, 2.75) is 5.41 Å². The Morgan fingerprint density at radius 2 is 0.812 bits per heavy atom. The molecular weight excluding hydrogens is 389 g/mol. The normalized spacial score (nSPS) is 10.1. The van der Waals surface area contributed by atoms with Gasteiger partial charge in [-0.3, -0.25) is 0 Å². The monoisotopic (exact) mass is 410 g/mol. The molecule has 0 saturated heterocycles. The van der Waals surface area contributed by atoms with E-state index in [-0.39, 0.29) is 48.9 Å². The summed E-state index contributed by atoms with van der Waals surface area (Å²) in [5, 5.41) is 21.7. The summed E-state index contributed by atoms with van der Waals surface area (Å²) < 4.78 is 4.79. The minimum absolute atomic E-state index is 0.